The van der Waals surface area contributed by atoms with Gasteiger partial charge in [-0.3, -0.25) is 0 Å². The summed E-state index contributed by atoms with van der Waals surface area (Å²) in [5.74, 6) is 1.17. The van der Waals surface area contributed by atoms with Crippen molar-refractivity contribution in [1.82, 2.24) is 5.32 Å². The van der Waals surface area contributed by atoms with Crippen LogP contribution in [0, 0.1) is 0 Å². The van der Waals surface area contributed by atoms with Crippen molar-refractivity contribution >= 4 is 11.6 Å². The maximum Gasteiger partial charge on any atom is 0.138 e. The quantitative estimate of drug-likeness (QED) is 0.731. The van der Waals surface area contributed by atoms with Gasteiger partial charge in [-0.2, -0.15) is 0 Å². The fraction of sp³-hybridized carbons (Fsp3) is 0.294. The summed E-state index contributed by atoms with van der Waals surface area (Å²) in [4.78, 5) is 0. The number of rotatable bonds is 8. The van der Waals surface area contributed by atoms with Gasteiger partial charge in [0.05, 0.1) is 11.3 Å². The summed E-state index contributed by atoms with van der Waals surface area (Å²) in [6, 6.07) is 9.11. The number of hydrogen-bond acceptors (Lipinski definition) is 4. The van der Waals surface area contributed by atoms with E-state index >= 15 is 0 Å². The molecule has 0 bridgehead atoms. The molecule has 4 nitrogen and oxygen atoms in total. The van der Waals surface area contributed by atoms with Gasteiger partial charge in [-0.1, -0.05) is 30.3 Å². The highest BCUT2D eigenvalue weighted by molar-refractivity contribution is 6.32. The standard InChI is InChI=1S/C17H20ClNO3/c1-3-8-21-15-7-6-13(10-14(15)18)11-19-12-17(2,20)16-5-4-9-22-16/h3-7,9-10,19-20H,1,8,11-12H2,2H3. The van der Waals surface area contributed by atoms with E-state index in [4.69, 9.17) is 20.8 Å². The van der Waals surface area contributed by atoms with E-state index in [1.807, 2.05) is 18.2 Å². The zero-order chi connectivity index (χ0) is 16.0. The van der Waals surface area contributed by atoms with E-state index in [9.17, 15) is 5.11 Å². The van der Waals surface area contributed by atoms with Gasteiger partial charge in [-0.25, -0.2) is 0 Å². The fourth-order valence-corrected chi connectivity index (χ4v) is 2.30. The Morgan fingerprint density at radius 2 is 2.27 bits per heavy atom. The van der Waals surface area contributed by atoms with Crippen LogP contribution in [0.2, 0.25) is 5.02 Å². The second-order valence-corrected chi connectivity index (χ2v) is 5.63. The molecule has 1 aromatic heterocycles. The second-order valence-electron chi connectivity index (χ2n) is 5.22. The van der Waals surface area contributed by atoms with E-state index in [1.54, 1.807) is 31.4 Å². The van der Waals surface area contributed by atoms with E-state index in [1.165, 1.54) is 0 Å². The smallest absolute Gasteiger partial charge is 0.138 e. The lowest BCUT2D eigenvalue weighted by Crippen LogP contribution is -2.34. The summed E-state index contributed by atoms with van der Waals surface area (Å²) in [7, 11) is 0. The highest BCUT2D eigenvalue weighted by Gasteiger charge is 2.25. The van der Waals surface area contributed by atoms with Crippen LogP contribution in [0.15, 0.2) is 53.7 Å². The number of furan rings is 1. The van der Waals surface area contributed by atoms with Crippen LogP contribution in [-0.2, 0) is 12.1 Å². The number of nitrogens with one attached hydrogen (secondary N) is 1. The second kappa shape index (κ2) is 7.49. The summed E-state index contributed by atoms with van der Waals surface area (Å²) in [5, 5.41) is 14.1. The Morgan fingerprint density at radius 3 is 2.91 bits per heavy atom. The zero-order valence-corrected chi connectivity index (χ0v) is 13.3. The van der Waals surface area contributed by atoms with Crippen molar-refractivity contribution in [2.75, 3.05) is 13.2 Å². The van der Waals surface area contributed by atoms with Gasteiger partial charge < -0.3 is 19.6 Å². The number of ether oxygens (including phenoxy) is 1. The van der Waals surface area contributed by atoms with Crippen molar-refractivity contribution in [3.05, 3.63) is 65.6 Å². The maximum atomic E-state index is 10.3. The van der Waals surface area contributed by atoms with Crippen LogP contribution >= 0.6 is 11.6 Å². The fourth-order valence-electron chi connectivity index (χ4n) is 2.04. The molecular formula is C17H20ClNO3. The Hall–Kier alpha value is -1.75. The monoisotopic (exact) mass is 321 g/mol. The van der Waals surface area contributed by atoms with Gasteiger partial charge in [0.1, 0.15) is 23.7 Å². The van der Waals surface area contributed by atoms with Crippen molar-refractivity contribution in [3.63, 3.8) is 0 Å². The predicted molar refractivity (Wildman–Crippen MR) is 87.1 cm³/mol. The third-order valence-corrected chi connectivity index (χ3v) is 3.50. The first-order valence-electron chi connectivity index (χ1n) is 7.02. The van der Waals surface area contributed by atoms with Crippen molar-refractivity contribution in [1.29, 1.82) is 0 Å². The van der Waals surface area contributed by atoms with Crippen LogP contribution in [0.25, 0.3) is 0 Å². The molecule has 1 unspecified atom stereocenters. The first kappa shape index (κ1) is 16.6. The SMILES string of the molecule is C=CCOc1ccc(CNCC(C)(O)c2ccco2)cc1Cl. The molecule has 5 heteroatoms. The first-order valence-corrected chi connectivity index (χ1v) is 7.40. The molecule has 1 atom stereocenters. The summed E-state index contributed by atoms with van der Waals surface area (Å²) >= 11 is 6.16. The van der Waals surface area contributed by atoms with Crippen molar-refractivity contribution in [2.24, 2.45) is 0 Å². The van der Waals surface area contributed by atoms with Crippen LogP contribution in [-0.4, -0.2) is 18.3 Å². The van der Waals surface area contributed by atoms with Crippen LogP contribution in [0.1, 0.15) is 18.2 Å². The van der Waals surface area contributed by atoms with E-state index < -0.39 is 5.60 Å². The van der Waals surface area contributed by atoms with Gasteiger partial charge in [-0.15, -0.1) is 0 Å². The van der Waals surface area contributed by atoms with Crippen LogP contribution < -0.4 is 10.1 Å². The highest BCUT2D eigenvalue weighted by Crippen LogP contribution is 2.25. The maximum absolute atomic E-state index is 10.3. The average Bonchev–Trinajstić information content (AvgIpc) is 3.01. The molecule has 2 N–H and O–H groups in total. The highest BCUT2D eigenvalue weighted by atomic mass is 35.5. The van der Waals surface area contributed by atoms with Crippen LogP contribution in [0.4, 0.5) is 0 Å². The minimum atomic E-state index is -1.06. The molecule has 0 aliphatic carbocycles. The summed E-state index contributed by atoms with van der Waals surface area (Å²) in [6.45, 7) is 6.67. The van der Waals surface area contributed by atoms with Crippen LogP contribution in [0.5, 0.6) is 5.75 Å². The summed E-state index contributed by atoms with van der Waals surface area (Å²) in [6.07, 6.45) is 3.22. The lowest BCUT2D eigenvalue weighted by atomic mass is 10.0. The predicted octanol–water partition coefficient (Wildman–Crippen LogP) is 3.50. The third kappa shape index (κ3) is 4.37. The lowest BCUT2D eigenvalue weighted by molar-refractivity contribution is 0.0340. The molecule has 0 saturated carbocycles. The molecule has 2 aromatic rings. The van der Waals surface area contributed by atoms with E-state index in [-0.39, 0.29) is 0 Å². The molecule has 0 amide bonds. The van der Waals surface area contributed by atoms with Gasteiger partial charge >= 0.3 is 0 Å². The molecule has 2 rings (SSSR count). The molecule has 0 saturated heterocycles. The molecule has 0 aliphatic rings. The van der Waals surface area contributed by atoms with Gasteiger partial charge in [0.15, 0.2) is 0 Å². The Morgan fingerprint density at radius 1 is 1.45 bits per heavy atom. The van der Waals surface area contributed by atoms with E-state index in [2.05, 4.69) is 11.9 Å². The molecule has 1 aromatic carbocycles. The van der Waals surface area contributed by atoms with Crippen LogP contribution in [0.3, 0.4) is 0 Å². The van der Waals surface area contributed by atoms with Gasteiger partial charge in [-0.05, 0) is 36.8 Å². The Balaban J connectivity index is 1.89. The molecular weight excluding hydrogens is 302 g/mol. The number of halogens is 1. The van der Waals surface area contributed by atoms with Crippen molar-refractivity contribution in [3.8, 4) is 5.75 Å². The topological polar surface area (TPSA) is 54.6 Å². The minimum Gasteiger partial charge on any atom is -0.488 e. The van der Waals surface area contributed by atoms with Gasteiger partial charge in [0.25, 0.3) is 0 Å². The lowest BCUT2D eigenvalue weighted by Gasteiger charge is -2.21. The van der Waals surface area contributed by atoms with Gasteiger partial charge in [0.2, 0.25) is 0 Å². The molecule has 22 heavy (non-hydrogen) atoms. The minimum absolute atomic E-state index is 0.368. The van der Waals surface area contributed by atoms with Crippen molar-refractivity contribution in [2.45, 2.75) is 19.1 Å². The number of benzene rings is 1. The number of hydrogen-bond donors (Lipinski definition) is 2. The summed E-state index contributed by atoms with van der Waals surface area (Å²) in [5.41, 5.74) is -0.0495. The normalized spacial score (nSPS) is 13.6. The Kier molecular flexibility index (Phi) is 5.66. The van der Waals surface area contributed by atoms with E-state index in [0.717, 1.165) is 5.56 Å². The van der Waals surface area contributed by atoms with Crippen molar-refractivity contribution < 1.29 is 14.3 Å². The molecule has 0 aliphatic heterocycles. The number of aliphatic hydroxyl groups is 1. The average molecular weight is 322 g/mol. The molecule has 0 radical (unpaired) electrons. The van der Waals surface area contributed by atoms with Gasteiger partial charge in [0, 0.05) is 13.1 Å². The summed E-state index contributed by atoms with van der Waals surface area (Å²) < 4.78 is 10.7. The van der Waals surface area contributed by atoms with E-state index in [0.29, 0.717) is 36.2 Å². The molecule has 1 heterocycles. The molecule has 0 spiro atoms. The first-order chi connectivity index (χ1) is 10.5. The Bertz CT molecular complexity index is 608. The zero-order valence-electron chi connectivity index (χ0n) is 12.5. The largest absolute Gasteiger partial charge is 0.488 e. The Labute approximate surface area is 135 Å². The molecule has 118 valence electrons. The third-order valence-electron chi connectivity index (χ3n) is 3.20. The molecule has 0 fully saturated rings.